The molecule has 0 atom stereocenters. The fourth-order valence-electron chi connectivity index (χ4n) is 6.01. The molecule has 0 bridgehead atoms. The van der Waals surface area contributed by atoms with Gasteiger partial charge in [0.15, 0.2) is 0 Å². The molecule has 0 spiro atoms. The summed E-state index contributed by atoms with van der Waals surface area (Å²) in [5, 5.41) is 5.68. The van der Waals surface area contributed by atoms with E-state index in [1.54, 1.807) is 0 Å². The Morgan fingerprint density at radius 2 is 0.651 bits per heavy atom. The van der Waals surface area contributed by atoms with Crippen LogP contribution in [0.4, 0.5) is 0 Å². The van der Waals surface area contributed by atoms with E-state index in [1.165, 1.54) is 94.4 Å². The smallest absolute Gasteiger partial charge is 0.228 e. The van der Waals surface area contributed by atoms with E-state index in [4.69, 9.17) is 4.12 Å². The molecule has 4 aromatic rings. The molecule has 1 nitrogen and oxygen atoms in total. The summed E-state index contributed by atoms with van der Waals surface area (Å²) >= 11 is 0. The highest BCUT2D eigenvalue weighted by Crippen LogP contribution is 2.11. The Bertz CT molecular complexity index is 1170. The van der Waals surface area contributed by atoms with E-state index in [1.807, 2.05) is 0 Å². The van der Waals surface area contributed by atoms with Crippen LogP contribution >= 0.6 is 0 Å². The first-order chi connectivity index (χ1) is 21.1. The maximum absolute atomic E-state index is 7.71. The highest BCUT2D eigenvalue weighted by Gasteiger charge is 2.27. The van der Waals surface area contributed by atoms with Gasteiger partial charge in [-0.05, 0) is 94.4 Å². The molecule has 4 rings (SSSR count). The van der Waals surface area contributed by atoms with Gasteiger partial charge in [-0.2, -0.15) is 0 Å². The first-order valence-corrected chi connectivity index (χ1v) is 20.4. The highest BCUT2D eigenvalue weighted by molar-refractivity contribution is 6.91. The van der Waals surface area contributed by atoms with Gasteiger partial charge >= 0.3 is 0 Å². The number of rotatable bonds is 18. The van der Waals surface area contributed by atoms with E-state index in [0.717, 1.165) is 25.7 Å². The molecule has 43 heavy (non-hydrogen) atoms. The quantitative estimate of drug-likeness (QED) is 0.107. The molecule has 0 radical (unpaired) electrons. The number of unbranched alkanes of at least 4 members (excludes halogenated alkanes) is 4. The van der Waals surface area contributed by atoms with Crippen LogP contribution in [0, 0.1) is 0 Å². The lowest BCUT2D eigenvalue weighted by molar-refractivity contribution is 0.633. The fraction of sp³-hybridized carbons (Fsp3) is 0.400. The molecule has 3 heteroatoms. The number of hydrogen-bond donors (Lipinski definition) is 0. The van der Waals surface area contributed by atoms with Crippen LogP contribution in [-0.4, -0.2) is 18.1 Å². The van der Waals surface area contributed by atoms with Crippen molar-refractivity contribution >= 4 is 38.8 Å². The first kappa shape index (κ1) is 33.2. The monoisotopic (exact) mass is 606 g/mol. The van der Waals surface area contributed by atoms with Crippen LogP contribution < -0.4 is 20.7 Å². The average molecular weight is 607 g/mol. The molecule has 0 saturated carbocycles. The van der Waals surface area contributed by atoms with Crippen molar-refractivity contribution in [2.45, 2.75) is 105 Å². The van der Waals surface area contributed by atoms with E-state index >= 15 is 0 Å². The Balaban J connectivity index is 1.81. The van der Waals surface area contributed by atoms with Gasteiger partial charge in [0.25, 0.3) is 0 Å². The third kappa shape index (κ3) is 10.2. The Morgan fingerprint density at radius 3 is 0.884 bits per heavy atom. The molecular weight excluding hydrogens is 553 g/mol. The molecule has 0 N–H and O–H groups in total. The lowest BCUT2D eigenvalue weighted by Crippen LogP contribution is -2.56. The van der Waals surface area contributed by atoms with Gasteiger partial charge in [0, 0.05) is 0 Å². The Morgan fingerprint density at radius 1 is 0.395 bits per heavy atom. The summed E-state index contributed by atoms with van der Waals surface area (Å²) in [6.07, 6.45) is 14.4. The Labute approximate surface area is 266 Å². The van der Waals surface area contributed by atoms with Crippen molar-refractivity contribution in [2.75, 3.05) is 0 Å². The largest absolute Gasteiger partial charge is 0.446 e. The summed E-state index contributed by atoms with van der Waals surface area (Å²) in [4.78, 5) is 0. The topological polar surface area (TPSA) is 9.23 Å². The van der Waals surface area contributed by atoms with Gasteiger partial charge in [0.2, 0.25) is 18.1 Å². The first-order valence-electron chi connectivity index (χ1n) is 17.2. The molecule has 0 unspecified atom stereocenters. The minimum atomic E-state index is -1.99. The summed E-state index contributed by atoms with van der Waals surface area (Å²) in [5.74, 6) is 0. The summed E-state index contributed by atoms with van der Waals surface area (Å²) in [6.45, 7) is 9.13. The highest BCUT2D eigenvalue weighted by atomic mass is 28.4. The van der Waals surface area contributed by atoms with E-state index < -0.39 is 18.1 Å². The summed E-state index contributed by atoms with van der Waals surface area (Å²) in [7, 11) is -3.97. The molecule has 0 aliphatic heterocycles. The van der Waals surface area contributed by atoms with Crippen LogP contribution in [0.3, 0.4) is 0 Å². The maximum atomic E-state index is 7.71. The van der Waals surface area contributed by atoms with Gasteiger partial charge in [-0.3, -0.25) is 0 Å². The second-order valence-electron chi connectivity index (χ2n) is 12.3. The van der Waals surface area contributed by atoms with Crippen molar-refractivity contribution in [3.8, 4) is 0 Å². The molecule has 4 aromatic carbocycles. The third-order valence-corrected chi connectivity index (χ3v) is 14.6. The fourth-order valence-corrected chi connectivity index (χ4v) is 13.0. The molecular formula is C40H54OSi2. The van der Waals surface area contributed by atoms with Gasteiger partial charge < -0.3 is 4.12 Å². The van der Waals surface area contributed by atoms with E-state index in [9.17, 15) is 0 Å². The second-order valence-corrected chi connectivity index (χ2v) is 17.6. The zero-order valence-corrected chi connectivity index (χ0v) is 29.6. The Hall–Kier alpha value is -2.73. The van der Waals surface area contributed by atoms with Crippen LogP contribution in [-0.2, 0) is 29.8 Å². The van der Waals surface area contributed by atoms with Crippen molar-refractivity contribution in [1.29, 1.82) is 0 Å². The number of hydrogen-bond acceptors (Lipinski definition) is 1. The third-order valence-electron chi connectivity index (χ3n) is 8.56. The van der Waals surface area contributed by atoms with Crippen LogP contribution in [0.15, 0.2) is 97.1 Å². The molecule has 0 fully saturated rings. The molecule has 0 aliphatic carbocycles. The molecule has 0 saturated heterocycles. The predicted molar refractivity (Wildman–Crippen MR) is 194 cm³/mol. The van der Waals surface area contributed by atoms with Gasteiger partial charge in [-0.15, -0.1) is 0 Å². The van der Waals surface area contributed by atoms with Gasteiger partial charge in [-0.25, -0.2) is 0 Å². The normalized spacial score (nSPS) is 11.5. The maximum Gasteiger partial charge on any atom is 0.228 e. The minimum Gasteiger partial charge on any atom is -0.446 e. The zero-order valence-electron chi connectivity index (χ0n) is 27.3. The summed E-state index contributed by atoms with van der Waals surface area (Å²) in [5.41, 5.74) is 5.79. The van der Waals surface area contributed by atoms with Crippen LogP contribution in [0.1, 0.15) is 101 Å². The van der Waals surface area contributed by atoms with Crippen LogP contribution in [0.5, 0.6) is 0 Å². The average Bonchev–Trinajstić information content (AvgIpc) is 3.05. The predicted octanol–water partition coefficient (Wildman–Crippen LogP) is 7.45. The van der Waals surface area contributed by atoms with Crippen molar-refractivity contribution < 1.29 is 4.12 Å². The van der Waals surface area contributed by atoms with Gasteiger partial charge in [0.1, 0.15) is 0 Å². The van der Waals surface area contributed by atoms with E-state index in [0.29, 0.717) is 0 Å². The van der Waals surface area contributed by atoms with Crippen molar-refractivity contribution in [3.05, 3.63) is 119 Å². The van der Waals surface area contributed by atoms with Crippen molar-refractivity contribution in [1.82, 2.24) is 0 Å². The standard InChI is InChI=1S/C40H54OSi2/c1-5-9-17-33-21-13-25-37(29-33)42(38-26-14-22-34(30-38)18-10-6-2)41-43(39-27-15-23-35(31-39)19-11-7-3)40-28-16-24-36(32-40)20-12-8-4/h13-16,21-32,42-43H,5-12,17-20H2,1-4H3. The minimum absolute atomic E-state index is 1.14. The molecule has 228 valence electrons. The Kier molecular flexibility index (Phi) is 14.0. The lowest BCUT2D eigenvalue weighted by atomic mass is 10.1. The van der Waals surface area contributed by atoms with E-state index in [2.05, 4.69) is 125 Å². The van der Waals surface area contributed by atoms with E-state index in [-0.39, 0.29) is 0 Å². The van der Waals surface area contributed by atoms with Crippen molar-refractivity contribution in [2.24, 2.45) is 0 Å². The summed E-state index contributed by atoms with van der Waals surface area (Å²) in [6, 6.07) is 37.7. The van der Waals surface area contributed by atoms with Gasteiger partial charge in [-0.1, -0.05) is 150 Å². The molecule has 0 aromatic heterocycles. The molecule has 0 heterocycles. The van der Waals surface area contributed by atoms with Crippen molar-refractivity contribution in [3.63, 3.8) is 0 Å². The summed E-state index contributed by atoms with van der Waals surface area (Å²) < 4.78 is 7.71. The van der Waals surface area contributed by atoms with Crippen LogP contribution in [0.2, 0.25) is 0 Å². The SMILES string of the molecule is CCCCc1cccc([SiH](O[SiH](c2cccc(CCCC)c2)c2cccc(CCCC)c2)c2cccc(CCCC)c2)c1. The second kappa shape index (κ2) is 18.2. The zero-order chi connectivity index (χ0) is 30.3. The number of aryl methyl sites for hydroxylation is 4. The van der Waals surface area contributed by atoms with Gasteiger partial charge in [0.05, 0.1) is 0 Å². The molecule has 0 aliphatic rings. The molecule has 0 amide bonds. The number of benzene rings is 4. The lowest BCUT2D eigenvalue weighted by Gasteiger charge is -2.26. The van der Waals surface area contributed by atoms with Crippen LogP contribution in [0.25, 0.3) is 0 Å².